The summed E-state index contributed by atoms with van der Waals surface area (Å²) in [5.41, 5.74) is 8.16. The van der Waals surface area contributed by atoms with E-state index in [1.807, 2.05) is 6.07 Å². The van der Waals surface area contributed by atoms with Crippen LogP contribution in [0.3, 0.4) is 0 Å². The number of rotatable bonds is 6. The van der Waals surface area contributed by atoms with E-state index in [1.165, 1.54) is 11.1 Å². The first kappa shape index (κ1) is 14.3. The van der Waals surface area contributed by atoms with Crippen molar-refractivity contribution in [3.8, 4) is 5.75 Å². The second kappa shape index (κ2) is 6.87. The molecule has 0 heterocycles. The van der Waals surface area contributed by atoms with Gasteiger partial charge in [0, 0.05) is 0 Å². The molecule has 0 amide bonds. The van der Waals surface area contributed by atoms with Crippen LogP contribution in [0.4, 0.5) is 0 Å². The fourth-order valence-electron chi connectivity index (χ4n) is 1.98. The number of hydrogen-bond donors (Lipinski definition) is 1. The van der Waals surface area contributed by atoms with Gasteiger partial charge < -0.3 is 10.5 Å². The topological polar surface area (TPSA) is 35.2 Å². The smallest absolute Gasteiger partial charge is 0.137 e. The van der Waals surface area contributed by atoms with Crippen molar-refractivity contribution >= 4 is 11.6 Å². The maximum Gasteiger partial charge on any atom is 0.137 e. The number of unbranched alkanes of at least 4 members (excludes halogenated alkanes) is 1. The standard InChI is InChI=1S/C14H22ClNO/c1-10(2)12-9-14(17-3)13(15)8-11(12)6-4-5-7-16/h8-10H,4-7,16H2,1-3H3. The van der Waals surface area contributed by atoms with Gasteiger partial charge in [-0.3, -0.25) is 0 Å². The molecule has 3 heteroatoms. The number of hydrogen-bond acceptors (Lipinski definition) is 2. The highest BCUT2D eigenvalue weighted by atomic mass is 35.5. The van der Waals surface area contributed by atoms with Crippen LogP contribution >= 0.6 is 11.6 Å². The van der Waals surface area contributed by atoms with Gasteiger partial charge in [0.2, 0.25) is 0 Å². The molecule has 96 valence electrons. The number of aryl methyl sites for hydroxylation is 1. The van der Waals surface area contributed by atoms with Crippen LogP contribution in [-0.4, -0.2) is 13.7 Å². The Kier molecular flexibility index (Phi) is 5.79. The van der Waals surface area contributed by atoms with E-state index < -0.39 is 0 Å². The molecule has 0 spiro atoms. The van der Waals surface area contributed by atoms with Crippen LogP contribution in [0.25, 0.3) is 0 Å². The number of ether oxygens (including phenoxy) is 1. The molecule has 0 aliphatic carbocycles. The summed E-state index contributed by atoms with van der Waals surface area (Å²) in [5, 5.41) is 0.694. The molecule has 2 N–H and O–H groups in total. The molecule has 0 aromatic heterocycles. The van der Waals surface area contributed by atoms with Crippen molar-refractivity contribution in [2.45, 2.75) is 39.0 Å². The van der Waals surface area contributed by atoms with Gasteiger partial charge in [-0.15, -0.1) is 0 Å². The van der Waals surface area contributed by atoms with Crippen LogP contribution in [0.2, 0.25) is 5.02 Å². The van der Waals surface area contributed by atoms with E-state index in [2.05, 4.69) is 19.9 Å². The molecule has 1 rings (SSSR count). The van der Waals surface area contributed by atoms with Crippen LogP contribution in [0.5, 0.6) is 5.75 Å². The Hall–Kier alpha value is -0.730. The van der Waals surface area contributed by atoms with Crippen molar-refractivity contribution in [3.63, 3.8) is 0 Å². The largest absolute Gasteiger partial charge is 0.495 e. The highest BCUT2D eigenvalue weighted by Crippen LogP contribution is 2.32. The molecule has 2 nitrogen and oxygen atoms in total. The highest BCUT2D eigenvalue weighted by molar-refractivity contribution is 6.32. The third-order valence-corrected chi connectivity index (χ3v) is 3.23. The van der Waals surface area contributed by atoms with Gasteiger partial charge in [0.1, 0.15) is 5.75 Å². The molecule has 0 saturated heterocycles. The summed E-state index contributed by atoms with van der Waals surface area (Å²) in [4.78, 5) is 0. The van der Waals surface area contributed by atoms with Crippen molar-refractivity contribution in [2.24, 2.45) is 5.73 Å². The summed E-state index contributed by atoms with van der Waals surface area (Å²) < 4.78 is 5.26. The Morgan fingerprint density at radius 1 is 1.29 bits per heavy atom. The number of halogens is 1. The SMILES string of the molecule is COc1cc(C(C)C)c(CCCCN)cc1Cl. The van der Waals surface area contributed by atoms with Gasteiger partial charge in [0.25, 0.3) is 0 Å². The lowest BCUT2D eigenvalue weighted by Crippen LogP contribution is -2.02. The maximum absolute atomic E-state index is 6.17. The predicted molar refractivity (Wildman–Crippen MR) is 74.1 cm³/mol. The van der Waals surface area contributed by atoms with Crippen LogP contribution < -0.4 is 10.5 Å². The fourth-order valence-corrected chi connectivity index (χ4v) is 2.24. The van der Waals surface area contributed by atoms with Gasteiger partial charge in [-0.05, 0) is 55.0 Å². The number of nitrogens with two attached hydrogens (primary N) is 1. The van der Waals surface area contributed by atoms with Crippen molar-refractivity contribution in [1.29, 1.82) is 0 Å². The molecule has 1 aromatic carbocycles. The summed E-state index contributed by atoms with van der Waals surface area (Å²) >= 11 is 6.17. The van der Waals surface area contributed by atoms with E-state index in [0.717, 1.165) is 31.6 Å². The molecule has 0 saturated carbocycles. The first-order chi connectivity index (χ1) is 8.10. The molecule has 0 aliphatic heterocycles. The minimum Gasteiger partial charge on any atom is -0.495 e. The molecule has 0 unspecified atom stereocenters. The van der Waals surface area contributed by atoms with E-state index in [0.29, 0.717) is 10.9 Å². The van der Waals surface area contributed by atoms with Crippen LogP contribution in [0.1, 0.15) is 43.7 Å². The van der Waals surface area contributed by atoms with E-state index in [1.54, 1.807) is 7.11 Å². The average Bonchev–Trinajstić information content (AvgIpc) is 2.29. The van der Waals surface area contributed by atoms with Crippen LogP contribution in [0, 0.1) is 0 Å². The molecule has 0 radical (unpaired) electrons. The fraction of sp³-hybridized carbons (Fsp3) is 0.571. The van der Waals surface area contributed by atoms with Gasteiger partial charge in [-0.1, -0.05) is 25.4 Å². The molecule has 17 heavy (non-hydrogen) atoms. The number of benzene rings is 1. The van der Waals surface area contributed by atoms with Gasteiger partial charge in [-0.25, -0.2) is 0 Å². The Morgan fingerprint density at radius 2 is 2.00 bits per heavy atom. The average molecular weight is 256 g/mol. The quantitative estimate of drug-likeness (QED) is 0.786. The Morgan fingerprint density at radius 3 is 2.53 bits per heavy atom. The zero-order chi connectivity index (χ0) is 12.8. The highest BCUT2D eigenvalue weighted by Gasteiger charge is 2.11. The third-order valence-electron chi connectivity index (χ3n) is 2.94. The first-order valence-corrected chi connectivity index (χ1v) is 6.54. The predicted octanol–water partition coefficient (Wildman–Crippen LogP) is 3.75. The lowest BCUT2D eigenvalue weighted by atomic mass is 9.93. The zero-order valence-electron chi connectivity index (χ0n) is 10.9. The van der Waals surface area contributed by atoms with E-state index in [9.17, 15) is 0 Å². The molecule has 0 fully saturated rings. The summed E-state index contributed by atoms with van der Waals surface area (Å²) in [6, 6.07) is 4.09. The van der Waals surface area contributed by atoms with Crippen molar-refractivity contribution < 1.29 is 4.74 Å². The lowest BCUT2D eigenvalue weighted by molar-refractivity contribution is 0.414. The summed E-state index contributed by atoms with van der Waals surface area (Å²) in [7, 11) is 1.65. The lowest BCUT2D eigenvalue weighted by Gasteiger charge is -2.15. The van der Waals surface area contributed by atoms with Crippen molar-refractivity contribution in [2.75, 3.05) is 13.7 Å². The molecule has 0 bridgehead atoms. The first-order valence-electron chi connectivity index (χ1n) is 6.16. The second-order valence-electron chi connectivity index (χ2n) is 4.59. The van der Waals surface area contributed by atoms with Gasteiger partial charge in [0.15, 0.2) is 0 Å². The van der Waals surface area contributed by atoms with E-state index in [4.69, 9.17) is 22.1 Å². The van der Waals surface area contributed by atoms with Crippen LogP contribution in [-0.2, 0) is 6.42 Å². The summed E-state index contributed by atoms with van der Waals surface area (Å²) in [6.07, 6.45) is 3.20. The Labute approximate surface area is 109 Å². The van der Waals surface area contributed by atoms with Gasteiger partial charge >= 0.3 is 0 Å². The van der Waals surface area contributed by atoms with Crippen LogP contribution in [0.15, 0.2) is 12.1 Å². The second-order valence-corrected chi connectivity index (χ2v) is 4.99. The normalized spacial score (nSPS) is 10.9. The molecule has 0 aliphatic rings. The number of methoxy groups -OCH3 is 1. The molecule has 0 atom stereocenters. The van der Waals surface area contributed by atoms with Crippen molar-refractivity contribution in [1.82, 2.24) is 0 Å². The van der Waals surface area contributed by atoms with Gasteiger partial charge in [0.05, 0.1) is 12.1 Å². The molecular weight excluding hydrogens is 234 g/mol. The van der Waals surface area contributed by atoms with Crippen molar-refractivity contribution in [3.05, 3.63) is 28.3 Å². The summed E-state index contributed by atoms with van der Waals surface area (Å²) in [5.74, 6) is 1.24. The Balaban J connectivity index is 2.96. The molecule has 1 aromatic rings. The minimum atomic E-state index is 0.481. The molecular formula is C14H22ClNO. The minimum absolute atomic E-state index is 0.481. The third kappa shape index (κ3) is 3.90. The van der Waals surface area contributed by atoms with E-state index in [-0.39, 0.29) is 0 Å². The Bertz CT molecular complexity index is 363. The maximum atomic E-state index is 6.17. The summed E-state index contributed by atoms with van der Waals surface area (Å²) in [6.45, 7) is 5.13. The van der Waals surface area contributed by atoms with E-state index >= 15 is 0 Å². The van der Waals surface area contributed by atoms with Gasteiger partial charge in [-0.2, -0.15) is 0 Å². The monoisotopic (exact) mass is 255 g/mol. The zero-order valence-corrected chi connectivity index (χ0v) is 11.7.